The van der Waals surface area contributed by atoms with E-state index in [9.17, 15) is 10.1 Å². The van der Waals surface area contributed by atoms with Gasteiger partial charge in [-0.25, -0.2) is 0 Å². The van der Waals surface area contributed by atoms with Gasteiger partial charge in [0.1, 0.15) is 0 Å². The van der Waals surface area contributed by atoms with E-state index in [0.29, 0.717) is 5.69 Å². The smallest absolute Gasteiger partial charge is 0.272 e. The molecular formula is C14H15N3O2S. The van der Waals surface area contributed by atoms with Crippen LogP contribution in [0.3, 0.4) is 0 Å². The SMILES string of the molecule is Cc1ccc(Sc2cc(NN)cc([N+](=O)[O-])c2)cc1C. The van der Waals surface area contributed by atoms with E-state index in [1.807, 2.05) is 26.0 Å². The van der Waals surface area contributed by atoms with Gasteiger partial charge in [0.05, 0.1) is 10.6 Å². The third-order valence-electron chi connectivity index (χ3n) is 2.98. The van der Waals surface area contributed by atoms with E-state index < -0.39 is 4.92 Å². The molecule has 0 aliphatic rings. The molecule has 2 rings (SSSR count). The topological polar surface area (TPSA) is 81.2 Å². The maximum atomic E-state index is 10.9. The summed E-state index contributed by atoms with van der Waals surface area (Å²) < 4.78 is 0. The van der Waals surface area contributed by atoms with Gasteiger partial charge < -0.3 is 5.43 Å². The normalized spacial score (nSPS) is 10.3. The number of rotatable bonds is 4. The Morgan fingerprint density at radius 1 is 1.10 bits per heavy atom. The minimum Gasteiger partial charge on any atom is -0.324 e. The number of nitrogens with zero attached hydrogens (tertiary/aromatic N) is 1. The van der Waals surface area contributed by atoms with E-state index in [0.717, 1.165) is 9.79 Å². The molecule has 3 N–H and O–H groups in total. The number of hydrogen-bond donors (Lipinski definition) is 2. The van der Waals surface area contributed by atoms with Crippen LogP contribution in [0, 0.1) is 24.0 Å². The highest BCUT2D eigenvalue weighted by Crippen LogP contribution is 2.33. The van der Waals surface area contributed by atoms with Crippen LogP contribution in [-0.2, 0) is 0 Å². The lowest BCUT2D eigenvalue weighted by Gasteiger charge is -2.07. The number of nitrogens with two attached hydrogens (primary N) is 1. The minimum atomic E-state index is -0.425. The second kappa shape index (κ2) is 5.94. The number of non-ortho nitro benzene ring substituents is 1. The molecule has 0 aliphatic carbocycles. The van der Waals surface area contributed by atoms with E-state index in [4.69, 9.17) is 5.84 Å². The highest BCUT2D eigenvalue weighted by atomic mass is 32.2. The van der Waals surface area contributed by atoms with Crippen LogP contribution in [0.25, 0.3) is 0 Å². The number of benzene rings is 2. The van der Waals surface area contributed by atoms with E-state index in [1.165, 1.54) is 29.0 Å². The average Bonchev–Trinajstić information content (AvgIpc) is 2.42. The maximum absolute atomic E-state index is 10.9. The van der Waals surface area contributed by atoms with Gasteiger partial charge in [0.15, 0.2) is 0 Å². The van der Waals surface area contributed by atoms with E-state index in [1.54, 1.807) is 12.1 Å². The zero-order chi connectivity index (χ0) is 14.7. The Morgan fingerprint density at radius 3 is 2.45 bits per heavy atom. The van der Waals surface area contributed by atoms with Gasteiger partial charge in [0, 0.05) is 21.9 Å². The summed E-state index contributed by atoms with van der Waals surface area (Å²) in [7, 11) is 0. The molecule has 2 aromatic carbocycles. The first-order valence-electron chi connectivity index (χ1n) is 6.01. The van der Waals surface area contributed by atoms with Gasteiger partial charge in [0.2, 0.25) is 0 Å². The number of aryl methyl sites for hydroxylation is 2. The molecule has 0 atom stereocenters. The van der Waals surface area contributed by atoms with Crippen molar-refractivity contribution in [3.8, 4) is 0 Å². The summed E-state index contributed by atoms with van der Waals surface area (Å²) in [5.41, 5.74) is 5.40. The Balaban J connectivity index is 2.34. The molecular weight excluding hydrogens is 274 g/mol. The Morgan fingerprint density at radius 2 is 1.85 bits per heavy atom. The van der Waals surface area contributed by atoms with Crippen molar-refractivity contribution >= 4 is 23.1 Å². The molecule has 5 nitrogen and oxygen atoms in total. The summed E-state index contributed by atoms with van der Waals surface area (Å²) in [5.74, 6) is 5.34. The first-order valence-corrected chi connectivity index (χ1v) is 6.82. The number of anilines is 1. The van der Waals surface area contributed by atoms with Crippen LogP contribution in [0.4, 0.5) is 11.4 Å². The van der Waals surface area contributed by atoms with Gasteiger partial charge in [-0.05, 0) is 43.2 Å². The fraction of sp³-hybridized carbons (Fsp3) is 0.143. The van der Waals surface area contributed by atoms with E-state index >= 15 is 0 Å². The van der Waals surface area contributed by atoms with Crippen molar-refractivity contribution in [3.05, 3.63) is 57.6 Å². The predicted octanol–water partition coefficient (Wildman–Crippen LogP) is 3.65. The third kappa shape index (κ3) is 3.28. The van der Waals surface area contributed by atoms with Crippen molar-refractivity contribution in [1.29, 1.82) is 0 Å². The molecule has 0 saturated heterocycles. The standard InChI is InChI=1S/C14H15N3O2S/c1-9-3-4-13(5-10(9)2)20-14-7-11(16-15)6-12(8-14)17(18)19/h3-8,16H,15H2,1-2H3. The quantitative estimate of drug-likeness (QED) is 0.510. The molecule has 20 heavy (non-hydrogen) atoms. The molecule has 6 heteroatoms. The Hall–Kier alpha value is -2.05. The number of nitro benzene ring substituents is 1. The molecule has 0 amide bonds. The number of hydrazine groups is 1. The molecule has 0 bridgehead atoms. The fourth-order valence-corrected chi connectivity index (χ4v) is 2.75. The Bertz CT molecular complexity index is 659. The largest absolute Gasteiger partial charge is 0.324 e. The van der Waals surface area contributed by atoms with Crippen molar-refractivity contribution in [2.24, 2.45) is 5.84 Å². The maximum Gasteiger partial charge on any atom is 0.272 e. The van der Waals surface area contributed by atoms with Crippen molar-refractivity contribution in [2.75, 3.05) is 5.43 Å². The third-order valence-corrected chi connectivity index (χ3v) is 3.94. The Kier molecular flexibility index (Phi) is 4.26. The molecule has 0 heterocycles. The molecule has 0 spiro atoms. The van der Waals surface area contributed by atoms with Gasteiger partial charge >= 0.3 is 0 Å². The molecule has 0 saturated carbocycles. The summed E-state index contributed by atoms with van der Waals surface area (Å²) in [6.45, 7) is 4.09. The highest BCUT2D eigenvalue weighted by Gasteiger charge is 2.10. The van der Waals surface area contributed by atoms with Gasteiger partial charge in [-0.15, -0.1) is 0 Å². The fourth-order valence-electron chi connectivity index (χ4n) is 1.74. The summed E-state index contributed by atoms with van der Waals surface area (Å²) in [5, 5.41) is 10.9. The lowest BCUT2D eigenvalue weighted by Crippen LogP contribution is -2.07. The number of nitrogens with one attached hydrogen (secondary N) is 1. The van der Waals surface area contributed by atoms with Crippen LogP contribution in [0.2, 0.25) is 0 Å². The van der Waals surface area contributed by atoms with E-state index in [2.05, 4.69) is 11.5 Å². The first-order chi connectivity index (χ1) is 9.49. The van der Waals surface area contributed by atoms with Crippen molar-refractivity contribution in [1.82, 2.24) is 0 Å². The van der Waals surface area contributed by atoms with Crippen LogP contribution in [0.15, 0.2) is 46.2 Å². The molecule has 104 valence electrons. The van der Waals surface area contributed by atoms with Gasteiger partial charge in [0.25, 0.3) is 5.69 Å². The van der Waals surface area contributed by atoms with Crippen LogP contribution >= 0.6 is 11.8 Å². The average molecular weight is 289 g/mol. The zero-order valence-electron chi connectivity index (χ0n) is 11.2. The van der Waals surface area contributed by atoms with Crippen LogP contribution < -0.4 is 11.3 Å². The summed E-state index contributed by atoms with van der Waals surface area (Å²) >= 11 is 1.47. The van der Waals surface area contributed by atoms with Gasteiger partial charge in [-0.3, -0.25) is 16.0 Å². The molecule has 0 aliphatic heterocycles. The zero-order valence-corrected chi connectivity index (χ0v) is 12.0. The molecule has 0 aromatic heterocycles. The number of nitro groups is 1. The summed E-state index contributed by atoms with van der Waals surface area (Å²) in [4.78, 5) is 12.3. The predicted molar refractivity (Wildman–Crippen MR) is 80.9 cm³/mol. The lowest BCUT2D eigenvalue weighted by atomic mass is 10.1. The monoisotopic (exact) mass is 289 g/mol. The highest BCUT2D eigenvalue weighted by molar-refractivity contribution is 7.99. The van der Waals surface area contributed by atoms with E-state index in [-0.39, 0.29) is 5.69 Å². The Labute approximate surface area is 121 Å². The second-order valence-corrected chi connectivity index (χ2v) is 5.61. The second-order valence-electron chi connectivity index (χ2n) is 4.47. The van der Waals surface area contributed by atoms with Crippen molar-refractivity contribution in [3.63, 3.8) is 0 Å². The van der Waals surface area contributed by atoms with Crippen LogP contribution in [0.5, 0.6) is 0 Å². The minimum absolute atomic E-state index is 0.0202. The molecule has 0 fully saturated rings. The number of nitrogen functional groups attached to an aromatic ring is 1. The first kappa shape index (κ1) is 14.4. The number of hydrogen-bond acceptors (Lipinski definition) is 5. The summed E-state index contributed by atoms with van der Waals surface area (Å²) in [6.07, 6.45) is 0. The van der Waals surface area contributed by atoms with Crippen molar-refractivity contribution < 1.29 is 4.92 Å². The van der Waals surface area contributed by atoms with Crippen molar-refractivity contribution in [2.45, 2.75) is 23.6 Å². The molecule has 2 aromatic rings. The van der Waals surface area contributed by atoms with Crippen LogP contribution in [-0.4, -0.2) is 4.92 Å². The van der Waals surface area contributed by atoms with Crippen LogP contribution in [0.1, 0.15) is 11.1 Å². The van der Waals surface area contributed by atoms with Gasteiger partial charge in [-0.1, -0.05) is 17.8 Å². The van der Waals surface area contributed by atoms with Gasteiger partial charge in [-0.2, -0.15) is 0 Å². The lowest BCUT2D eigenvalue weighted by molar-refractivity contribution is -0.385. The summed E-state index contributed by atoms with van der Waals surface area (Å²) in [6, 6.07) is 10.8. The molecule has 0 unspecified atom stereocenters. The molecule has 0 radical (unpaired) electrons.